The molecule has 2 aromatic heterocycles. The molecule has 0 aromatic carbocycles. The number of carboxylic acids is 1. The number of halogens is 2. The average molecular weight is 464 g/mol. The van der Waals surface area contributed by atoms with Crippen LogP contribution in [0.3, 0.4) is 0 Å². The number of pyridine rings is 1. The Morgan fingerprint density at radius 3 is 2.46 bits per heavy atom. The van der Waals surface area contributed by atoms with Gasteiger partial charge in [-0.2, -0.15) is 0 Å². The molecule has 0 unspecified atom stereocenters. The van der Waals surface area contributed by atoms with Crippen molar-refractivity contribution in [2.24, 2.45) is 5.92 Å². The molecule has 0 saturated carbocycles. The van der Waals surface area contributed by atoms with E-state index < -0.39 is 27.8 Å². The van der Waals surface area contributed by atoms with E-state index in [1.165, 1.54) is 24.4 Å². The number of nitrogens with one attached hydrogen (secondary N) is 1. The Hall–Kier alpha value is -1.88. The normalized spacial score (nSPS) is 15.4. The van der Waals surface area contributed by atoms with Gasteiger partial charge in [0.1, 0.15) is 10.0 Å². The number of carboxylic acid groups (broad SMARTS) is 1. The zero-order valence-corrected chi connectivity index (χ0v) is 17.4. The quantitative estimate of drug-likeness (QED) is 0.699. The van der Waals surface area contributed by atoms with Crippen LogP contribution >= 0.6 is 34.5 Å². The zero-order valence-electron chi connectivity index (χ0n) is 14.3. The number of anilines is 1. The summed E-state index contributed by atoms with van der Waals surface area (Å²) in [5, 5.41) is 9.18. The van der Waals surface area contributed by atoms with Gasteiger partial charge in [-0.3, -0.25) is 4.79 Å². The third-order valence-electron chi connectivity index (χ3n) is 4.28. The van der Waals surface area contributed by atoms with Crippen LogP contribution in [-0.4, -0.2) is 43.5 Å². The predicted octanol–water partition coefficient (Wildman–Crippen LogP) is 2.87. The van der Waals surface area contributed by atoms with Crippen molar-refractivity contribution in [2.75, 3.05) is 18.0 Å². The molecule has 1 saturated heterocycles. The van der Waals surface area contributed by atoms with E-state index in [2.05, 4.69) is 9.71 Å². The lowest BCUT2D eigenvalue weighted by Crippen LogP contribution is -2.42. The van der Waals surface area contributed by atoms with Gasteiger partial charge in [-0.05, 0) is 31.0 Å². The minimum Gasteiger partial charge on any atom is -0.478 e. The van der Waals surface area contributed by atoms with Crippen LogP contribution in [-0.2, 0) is 14.8 Å². The van der Waals surface area contributed by atoms with E-state index >= 15 is 0 Å². The fourth-order valence-electron chi connectivity index (χ4n) is 2.84. The minimum absolute atomic E-state index is 0.0121. The monoisotopic (exact) mass is 463 g/mol. The van der Waals surface area contributed by atoms with Gasteiger partial charge in [0.05, 0.1) is 14.9 Å². The van der Waals surface area contributed by atoms with Crippen LogP contribution in [0.1, 0.15) is 23.2 Å². The number of carbonyl (C=O) groups excluding carboxylic acids is 1. The number of nitrogens with zero attached hydrogens (tertiary/aromatic N) is 2. The number of aromatic nitrogens is 1. The number of sulfonamides is 1. The van der Waals surface area contributed by atoms with Crippen molar-refractivity contribution in [3.05, 3.63) is 39.3 Å². The molecule has 1 amide bonds. The summed E-state index contributed by atoms with van der Waals surface area (Å²) in [5.74, 6) is -1.72. The van der Waals surface area contributed by atoms with Crippen molar-refractivity contribution in [1.29, 1.82) is 0 Å². The molecule has 1 fully saturated rings. The maximum atomic E-state index is 12.4. The van der Waals surface area contributed by atoms with E-state index in [0.29, 0.717) is 36.1 Å². The standard InChI is InChI=1S/C16H15Cl2N3O5S2/c17-11-7-10(16(23)24)8-19-14(11)21-5-3-9(4-6-21)15(22)20-28(25,26)13-2-1-12(18)27-13/h1-2,7-9H,3-6H2,(H,20,22)(H,23,24). The summed E-state index contributed by atoms with van der Waals surface area (Å²) in [5.41, 5.74) is -0.0121. The first-order valence-electron chi connectivity index (χ1n) is 8.13. The summed E-state index contributed by atoms with van der Waals surface area (Å²) in [6.45, 7) is 0.865. The summed E-state index contributed by atoms with van der Waals surface area (Å²) in [7, 11) is -3.94. The second-order valence-electron chi connectivity index (χ2n) is 6.12. The van der Waals surface area contributed by atoms with Crippen LogP contribution in [0.4, 0.5) is 5.82 Å². The highest BCUT2D eigenvalue weighted by Crippen LogP contribution is 2.29. The predicted molar refractivity (Wildman–Crippen MR) is 106 cm³/mol. The lowest BCUT2D eigenvalue weighted by Gasteiger charge is -2.32. The van der Waals surface area contributed by atoms with Crippen LogP contribution in [0.15, 0.2) is 28.6 Å². The molecule has 150 valence electrons. The van der Waals surface area contributed by atoms with Gasteiger partial charge in [0.25, 0.3) is 10.0 Å². The van der Waals surface area contributed by atoms with Crippen molar-refractivity contribution in [2.45, 2.75) is 17.1 Å². The molecule has 0 radical (unpaired) electrons. The number of amides is 1. The topological polar surface area (TPSA) is 117 Å². The molecule has 2 N–H and O–H groups in total. The van der Waals surface area contributed by atoms with Crippen molar-refractivity contribution >= 4 is 62.3 Å². The lowest BCUT2D eigenvalue weighted by molar-refractivity contribution is -0.123. The van der Waals surface area contributed by atoms with Gasteiger partial charge < -0.3 is 10.0 Å². The van der Waals surface area contributed by atoms with Gasteiger partial charge in [0, 0.05) is 25.2 Å². The maximum Gasteiger partial charge on any atom is 0.337 e. The Kier molecular flexibility index (Phi) is 6.13. The Morgan fingerprint density at radius 1 is 1.25 bits per heavy atom. The second kappa shape index (κ2) is 8.24. The Labute approximate surface area is 175 Å². The van der Waals surface area contributed by atoms with Crippen LogP contribution in [0.2, 0.25) is 9.36 Å². The molecule has 8 nitrogen and oxygen atoms in total. The summed E-state index contributed by atoms with van der Waals surface area (Å²) < 4.78 is 26.9. The van der Waals surface area contributed by atoms with Gasteiger partial charge in [-0.15, -0.1) is 11.3 Å². The number of carbonyl (C=O) groups is 2. The summed E-state index contributed by atoms with van der Waals surface area (Å²) in [6.07, 6.45) is 2.04. The van der Waals surface area contributed by atoms with Crippen LogP contribution < -0.4 is 9.62 Å². The summed E-state index contributed by atoms with van der Waals surface area (Å²) in [4.78, 5) is 29.3. The second-order valence-corrected chi connectivity index (χ2v) is 10.2. The SMILES string of the molecule is O=C(O)c1cnc(N2CCC(C(=O)NS(=O)(=O)c3ccc(Cl)s3)CC2)c(Cl)c1. The fourth-order valence-corrected chi connectivity index (χ4v) is 5.65. The van der Waals surface area contributed by atoms with Crippen LogP contribution in [0.25, 0.3) is 0 Å². The fraction of sp³-hybridized carbons (Fsp3) is 0.312. The molecule has 0 spiro atoms. The molecule has 0 bridgehead atoms. The molecule has 28 heavy (non-hydrogen) atoms. The van der Waals surface area contributed by atoms with Gasteiger partial charge in [0.2, 0.25) is 5.91 Å². The van der Waals surface area contributed by atoms with Crippen LogP contribution in [0, 0.1) is 5.92 Å². The molecular weight excluding hydrogens is 449 g/mol. The minimum atomic E-state index is -3.94. The average Bonchev–Trinajstić information content (AvgIpc) is 3.09. The number of rotatable bonds is 5. The highest BCUT2D eigenvalue weighted by atomic mass is 35.5. The first kappa shape index (κ1) is 20.8. The van der Waals surface area contributed by atoms with Crippen molar-refractivity contribution in [1.82, 2.24) is 9.71 Å². The van der Waals surface area contributed by atoms with E-state index in [1.807, 2.05) is 4.90 Å². The van der Waals surface area contributed by atoms with Crippen molar-refractivity contribution < 1.29 is 23.1 Å². The maximum absolute atomic E-state index is 12.4. The van der Waals surface area contributed by atoms with Gasteiger partial charge in [0.15, 0.2) is 0 Å². The molecule has 1 aliphatic heterocycles. The first-order chi connectivity index (χ1) is 13.2. The molecule has 2 aromatic rings. The Bertz CT molecular complexity index is 1020. The molecule has 3 heterocycles. The number of hydrogen-bond acceptors (Lipinski definition) is 7. The van der Waals surface area contributed by atoms with E-state index in [1.54, 1.807) is 0 Å². The molecule has 0 aliphatic carbocycles. The van der Waals surface area contributed by atoms with Crippen molar-refractivity contribution in [3.8, 4) is 0 Å². The van der Waals surface area contributed by atoms with E-state index in [0.717, 1.165) is 11.3 Å². The molecule has 3 rings (SSSR count). The van der Waals surface area contributed by atoms with Gasteiger partial charge in [-0.25, -0.2) is 22.9 Å². The van der Waals surface area contributed by atoms with Gasteiger partial charge in [-0.1, -0.05) is 23.2 Å². The highest BCUT2D eigenvalue weighted by molar-refractivity contribution is 7.92. The molecule has 0 atom stereocenters. The lowest BCUT2D eigenvalue weighted by atomic mass is 9.96. The van der Waals surface area contributed by atoms with E-state index in [-0.39, 0.29) is 14.8 Å². The Morgan fingerprint density at radius 2 is 1.93 bits per heavy atom. The Balaban J connectivity index is 1.62. The third-order valence-corrected chi connectivity index (χ3v) is 7.63. The zero-order chi connectivity index (χ0) is 20.5. The van der Waals surface area contributed by atoms with Gasteiger partial charge >= 0.3 is 5.97 Å². The number of piperidine rings is 1. The van der Waals surface area contributed by atoms with E-state index in [4.69, 9.17) is 28.3 Å². The smallest absolute Gasteiger partial charge is 0.337 e. The first-order valence-corrected chi connectivity index (χ1v) is 11.2. The number of aromatic carboxylic acids is 1. The van der Waals surface area contributed by atoms with E-state index in [9.17, 15) is 18.0 Å². The summed E-state index contributed by atoms with van der Waals surface area (Å²) >= 11 is 12.8. The number of hydrogen-bond donors (Lipinski definition) is 2. The molecule has 1 aliphatic rings. The third kappa shape index (κ3) is 4.57. The molecular formula is C16H15Cl2N3O5S2. The molecule has 12 heteroatoms. The number of thiophene rings is 1. The largest absolute Gasteiger partial charge is 0.478 e. The highest BCUT2D eigenvalue weighted by Gasteiger charge is 2.30. The van der Waals surface area contributed by atoms with Crippen LogP contribution in [0.5, 0.6) is 0 Å². The summed E-state index contributed by atoms with van der Waals surface area (Å²) in [6, 6.07) is 4.12. The van der Waals surface area contributed by atoms with Crippen molar-refractivity contribution in [3.63, 3.8) is 0 Å².